The van der Waals surface area contributed by atoms with Gasteiger partial charge in [-0.25, -0.2) is 0 Å². The van der Waals surface area contributed by atoms with Crippen molar-refractivity contribution in [3.05, 3.63) is 30.1 Å². The van der Waals surface area contributed by atoms with Crippen molar-refractivity contribution in [3.8, 4) is 17.6 Å². The van der Waals surface area contributed by atoms with Crippen molar-refractivity contribution in [2.45, 2.75) is 6.42 Å². The average molecular weight is 226 g/mol. The number of hydrogen-bond donors (Lipinski definition) is 0. The summed E-state index contributed by atoms with van der Waals surface area (Å²) in [5.41, 5.74) is 0.780. The fraction of sp³-hybridized carbons (Fsp3) is 0.231. The summed E-state index contributed by atoms with van der Waals surface area (Å²) in [4.78, 5) is 4.23. The minimum absolute atomic E-state index is 0.303. The highest BCUT2D eigenvalue weighted by molar-refractivity contribution is 5.88. The first kappa shape index (κ1) is 9.91. The van der Waals surface area contributed by atoms with E-state index in [0.29, 0.717) is 19.6 Å². The summed E-state index contributed by atoms with van der Waals surface area (Å²) in [5, 5.41) is 10.8. The number of fused-ring (bicyclic) bond motifs is 2. The van der Waals surface area contributed by atoms with Gasteiger partial charge in [0.05, 0.1) is 18.2 Å². The fourth-order valence-electron chi connectivity index (χ4n) is 1.99. The second-order valence-electron chi connectivity index (χ2n) is 3.81. The maximum absolute atomic E-state index is 8.77. The molecule has 0 saturated carbocycles. The molecule has 0 radical (unpaired) electrons. The standard InChI is InChI=1S/C13H10N2O2/c14-3-1-11-10-8-13-12(16-5-6-17-13)7-9(10)2-4-15-11/h2,4,7-8H,1,5-6H2. The van der Waals surface area contributed by atoms with Gasteiger partial charge >= 0.3 is 0 Å². The Hall–Kier alpha value is -2.28. The Morgan fingerprint density at radius 3 is 2.76 bits per heavy atom. The van der Waals surface area contributed by atoms with Crippen molar-refractivity contribution in [2.24, 2.45) is 0 Å². The molecule has 1 aliphatic heterocycles. The lowest BCUT2D eigenvalue weighted by atomic mass is 10.1. The van der Waals surface area contributed by atoms with Gasteiger partial charge in [-0.15, -0.1) is 0 Å². The number of ether oxygens (including phenoxy) is 2. The summed E-state index contributed by atoms with van der Waals surface area (Å²) in [5.74, 6) is 1.49. The second kappa shape index (κ2) is 3.95. The predicted octanol–water partition coefficient (Wildman–Crippen LogP) is 2.07. The summed E-state index contributed by atoms with van der Waals surface area (Å²) in [7, 11) is 0. The maximum Gasteiger partial charge on any atom is 0.162 e. The number of hydrogen-bond acceptors (Lipinski definition) is 4. The number of benzene rings is 1. The molecule has 1 aromatic heterocycles. The monoisotopic (exact) mass is 226 g/mol. The summed E-state index contributed by atoms with van der Waals surface area (Å²) < 4.78 is 11.0. The summed E-state index contributed by atoms with van der Waals surface area (Å²) in [6.45, 7) is 1.14. The number of nitrogens with zero attached hydrogens (tertiary/aromatic N) is 2. The first-order valence-electron chi connectivity index (χ1n) is 5.42. The van der Waals surface area contributed by atoms with Gasteiger partial charge in [0.2, 0.25) is 0 Å². The molecule has 0 bridgehead atoms. The van der Waals surface area contributed by atoms with Crippen molar-refractivity contribution >= 4 is 10.8 Å². The topological polar surface area (TPSA) is 55.1 Å². The second-order valence-corrected chi connectivity index (χ2v) is 3.81. The minimum atomic E-state index is 0.303. The number of aromatic nitrogens is 1. The smallest absolute Gasteiger partial charge is 0.162 e. The Labute approximate surface area is 98.4 Å². The maximum atomic E-state index is 8.77. The van der Waals surface area contributed by atoms with E-state index in [-0.39, 0.29) is 0 Å². The molecule has 4 heteroatoms. The molecule has 0 atom stereocenters. The van der Waals surface area contributed by atoms with E-state index in [0.717, 1.165) is 28.0 Å². The molecule has 0 N–H and O–H groups in total. The van der Waals surface area contributed by atoms with E-state index in [1.165, 1.54) is 0 Å². The van der Waals surface area contributed by atoms with Crippen LogP contribution in [0.15, 0.2) is 24.4 Å². The van der Waals surface area contributed by atoms with E-state index in [9.17, 15) is 0 Å². The zero-order chi connectivity index (χ0) is 11.7. The molecule has 0 spiro atoms. The van der Waals surface area contributed by atoms with Crippen LogP contribution in [0.5, 0.6) is 11.5 Å². The van der Waals surface area contributed by atoms with Gasteiger partial charge in [0.15, 0.2) is 11.5 Å². The van der Waals surface area contributed by atoms with Crippen LogP contribution < -0.4 is 9.47 Å². The van der Waals surface area contributed by atoms with Crippen molar-refractivity contribution in [1.29, 1.82) is 5.26 Å². The average Bonchev–Trinajstić information content (AvgIpc) is 2.37. The molecule has 2 aromatic rings. The highest BCUT2D eigenvalue weighted by atomic mass is 16.6. The van der Waals surface area contributed by atoms with E-state index in [4.69, 9.17) is 14.7 Å². The number of pyridine rings is 1. The molecule has 17 heavy (non-hydrogen) atoms. The molecule has 0 aliphatic carbocycles. The third kappa shape index (κ3) is 1.66. The van der Waals surface area contributed by atoms with Gasteiger partial charge in [-0.2, -0.15) is 5.26 Å². The molecule has 4 nitrogen and oxygen atoms in total. The molecular formula is C13H10N2O2. The molecule has 0 unspecified atom stereocenters. The Morgan fingerprint density at radius 2 is 2.00 bits per heavy atom. The van der Waals surface area contributed by atoms with Gasteiger partial charge in [0, 0.05) is 11.6 Å². The van der Waals surface area contributed by atoms with Crippen LogP contribution in [0.1, 0.15) is 5.69 Å². The predicted molar refractivity (Wildman–Crippen MR) is 62.1 cm³/mol. The van der Waals surface area contributed by atoms with Crippen LogP contribution in [0.2, 0.25) is 0 Å². The van der Waals surface area contributed by atoms with Crippen LogP contribution in [0.3, 0.4) is 0 Å². The Morgan fingerprint density at radius 1 is 1.24 bits per heavy atom. The van der Waals surface area contributed by atoms with E-state index < -0.39 is 0 Å². The molecule has 2 heterocycles. The fourth-order valence-corrected chi connectivity index (χ4v) is 1.99. The molecule has 0 amide bonds. The van der Waals surface area contributed by atoms with E-state index in [1.807, 2.05) is 18.2 Å². The molecule has 1 aliphatic rings. The Kier molecular flexibility index (Phi) is 2.30. The lowest BCUT2D eigenvalue weighted by Gasteiger charge is -2.19. The van der Waals surface area contributed by atoms with Crippen LogP contribution >= 0.6 is 0 Å². The van der Waals surface area contributed by atoms with Gasteiger partial charge in [-0.1, -0.05) is 0 Å². The number of nitriles is 1. The lowest BCUT2D eigenvalue weighted by Crippen LogP contribution is -2.15. The third-order valence-corrected chi connectivity index (χ3v) is 2.76. The highest BCUT2D eigenvalue weighted by Gasteiger charge is 2.14. The van der Waals surface area contributed by atoms with Gasteiger partial charge in [-0.3, -0.25) is 4.98 Å². The van der Waals surface area contributed by atoms with Gasteiger partial charge in [0.25, 0.3) is 0 Å². The van der Waals surface area contributed by atoms with E-state index >= 15 is 0 Å². The first-order chi connectivity index (χ1) is 8.38. The number of rotatable bonds is 1. The van der Waals surface area contributed by atoms with Crippen LogP contribution in [0.4, 0.5) is 0 Å². The lowest BCUT2D eigenvalue weighted by molar-refractivity contribution is 0.172. The summed E-state index contributed by atoms with van der Waals surface area (Å²) in [6.07, 6.45) is 2.02. The van der Waals surface area contributed by atoms with Crippen LogP contribution in [0, 0.1) is 11.3 Å². The van der Waals surface area contributed by atoms with Gasteiger partial charge in [0.1, 0.15) is 13.2 Å². The molecule has 1 aromatic carbocycles. The normalized spacial score (nSPS) is 13.4. The molecular weight excluding hydrogens is 216 g/mol. The minimum Gasteiger partial charge on any atom is -0.486 e. The van der Waals surface area contributed by atoms with Crippen molar-refractivity contribution in [1.82, 2.24) is 4.98 Å². The van der Waals surface area contributed by atoms with Crippen molar-refractivity contribution in [2.75, 3.05) is 13.2 Å². The molecule has 0 saturated heterocycles. The first-order valence-corrected chi connectivity index (χ1v) is 5.42. The summed E-state index contributed by atoms with van der Waals surface area (Å²) in [6, 6.07) is 7.88. The highest BCUT2D eigenvalue weighted by Crippen LogP contribution is 2.35. The third-order valence-electron chi connectivity index (χ3n) is 2.76. The Bertz CT molecular complexity index is 617. The van der Waals surface area contributed by atoms with Crippen LogP contribution in [-0.2, 0) is 6.42 Å². The van der Waals surface area contributed by atoms with Crippen LogP contribution in [0.25, 0.3) is 10.8 Å². The SMILES string of the molecule is N#CCc1nccc2cc3c(cc12)OCCO3. The van der Waals surface area contributed by atoms with Gasteiger partial charge < -0.3 is 9.47 Å². The van der Waals surface area contributed by atoms with Crippen molar-refractivity contribution < 1.29 is 9.47 Å². The zero-order valence-corrected chi connectivity index (χ0v) is 9.14. The molecule has 3 rings (SSSR count). The van der Waals surface area contributed by atoms with Crippen LogP contribution in [-0.4, -0.2) is 18.2 Å². The summed E-state index contributed by atoms with van der Waals surface area (Å²) >= 11 is 0. The Balaban J connectivity index is 2.23. The van der Waals surface area contributed by atoms with Gasteiger partial charge in [-0.05, 0) is 23.6 Å². The van der Waals surface area contributed by atoms with E-state index in [1.54, 1.807) is 6.20 Å². The quantitative estimate of drug-likeness (QED) is 0.747. The molecule has 0 fully saturated rings. The zero-order valence-electron chi connectivity index (χ0n) is 9.14. The van der Waals surface area contributed by atoms with Crippen molar-refractivity contribution in [3.63, 3.8) is 0 Å². The molecule has 84 valence electrons. The largest absolute Gasteiger partial charge is 0.486 e. The van der Waals surface area contributed by atoms with E-state index in [2.05, 4.69) is 11.1 Å².